The Hall–Kier alpha value is -1.69. The summed E-state index contributed by atoms with van der Waals surface area (Å²) in [4.78, 5) is 12.5. The zero-order valence-electron chi connectivity index (χ0n) is 9.14. The van der Waals surface area contributed by atoms with Crippen molar-refractivity contribution in [2.45, 2.75) is 19.4 Å². The lowest BCUT2D eigenvalue weighted by molar-refractivity contribution is 0.597. The molecule has 0 unspecified atom stereocenters. The van der Waals surface area contributed by atoms with Crippen LogP contribution >= 0.6 is 11.3 Å². The van der Waals surface area contributed by atoms with Crippen molar-refractivity contribution in [2.24, 2.45) is 0 Å². The number of thiazole rings is 1. The Morgan fingerprint density at radius 3 is 2.75 bits per heavy atom. The number of nitrogen functional groups attached to an aromatic ring is 1. The molecule has 84 valence electrons. The molecule has 0 saturated carbocycles. The molecule has 0 amide bonds. The monoisotopic (exact) mass is 235 g/mol. The number of hydrogen-bond acceptors (Lipinski definition) is 6. The third-order valence-corrected chi connectivity index (χ3v) is 3.17. The van der Waals surface area contributed by atoms with Crippen molar-refractivity contribution in [1.82, 2.24) is 15.0 Å². The Labute approximate surface area is 97.8 Å². The van der Waals surface area contributed by atoms with E-state index in [1.807, 2.05) is 19.2 Å². The van der Waals surface area contributed by atoms with Crippen LogP contribution in [-0.2, 0) is 5.54 Å². The number of hydrogen-bond donors (Lipinski definition) is 2. The van der Waals surface area contributed by atoms with E-state index in [2.05, 4.69) is 20.3 Å². The van der Waals surface area contributed by atoms with E-state index in [0.717, 1.165) is 5.01 Å². The van der Waals surface area contributed by atoms with Gasteiger partial charge in [-0.3, -0.25) is 0 Å². The van der Waals surface area contributed by atoms with Gasteiger partial charge < -0.3 is 11.1 Å². The minimum Gasteiger partial charge on any atom is -0.384 e. The third-order valence-electron chi connectivity index (χ3n) is 2.07. The molecule has 0 aliphatic heterocycles. The van der Waals surface area contributed by atoms with Gasteiger partial charge in [-0.05, 0) is 19.9 Å². The molecule has 6 heteroatoms. The van der Waals surface area contributed by atoms with Crippen molar-refractivity contribution >= 4 is 23.1 Å². The zero-order chi connectivity index (χ0) is 11.6. The number of nitrogens with two attached hydrogens (primary N) is 1. The summed E-state index contributed by atoms with van der Waals surface area (Å²) < 4.78 is 0. The quantitative estimate of drug-likeness (QED) is 0.849. The molecular formula is C10H13N5S. The van der Waals surface area contributed by atoms with Gasteiger partial charge in [0, 0.05) is 17.8 Å². The zero-order valence-corrected chi connectivity index (χ0v) is 9.95. The molecule has 0 saturated heterocycles. The van der Waals surface area contributed by atoms with Gasteiger partial charge in [-0.1, -0.05) is 0 Å². The third kappa shape index (κ3) is 2.27. The van der Waals surface area contributed by atoms with Gasteiger partial charge in [-0.2, -0.15) is 4.98 Å². The Balaban J connectivity index is 2.21. The van der Waals surface area contributed by atoms with E-state index in [-0.39, 0.29) is 5.54 Å². The number of rotatable bonds is 3. The van der Waals surface area contributed by atoms with Gasteiger partial charge in [-0.15, -0.1) is 11.3 Å². The molecular weight excluding hydrogens is 222 g/mol. The van der Waals surface area contributed by atoms with Crippen molar-refractivity contribution in [1.29, 1.82) is 0 Å². The molecule has 3 N–H and O–H groups in total. The lowest BCUT2D eigenvalue weighted by Crippen LogP contribution is -2.28. The summed E-state index contributed by atoms with van der Waals surface area (Å²) in [6, 6.07) is 1.65. The van der Waals surface area contributed by atoms with Gasteiger partial charge >= 0.3 is 0 Å². The smallest absolute Gasteiger partial charge is 0.225 e. The van der Waals surface area contributed by atoms with Crippen molar-refractivity contribution in [2.75, 3.05) is 11.1 Å². The molecule has 2 rings (SSSR count). The highest BCUT2D eigenvalue weighted by molar-refractivity contribution is 7.09. The van der Waals surface area contributed by atoms with E-state index in [0.29, 0.717) is 11.8 Å². The average Bonchev–Trinajstić information content (AvgIpc) is 2.69. The van der Waals surface area contributed by atoms with Crippen molar-refractivity contribution < 1.29 is 0 Å². The van der Waals surface area contributed by atoms with Crippen LogP contribution in [0, 0.1) is 0 Å². The Morgan fingerprint density at radius 2 is 2.12 bits per heavy atom. The SMILES string of the molecule is CC(C)(Nc1nccc(N)n1)c1nccs1. The number of aromatic nitrogens is 3. The number of nitrogens with one attached hydrogen (secondary N) is 1. The second-order valence-electron chi connectivity index (χ2n) is 3.89. The lowest BCUT2D eigenvalue weighted by atomic mass is 10.1. The molecule has 0 radical (unpaired) electrons. The molecule has 0 aliphatic carbocycles. The summed E-state index contributed by atoms with van der Waals surface area (Å²) in [5, 5.41) is 6.14. The van der Waals surface area contributed by atoms with Crippen LogP contribution < -0.4 is 11.1 Å². The molecule has 0 fully saturated rings. The van der Waals surface area contributed by atoms with Gasteiger partial charge in [0.05, 0.1) is 5.54 Å². The summed E-state index contributed by atoms with van der Waals surface area (Å²) in [5.74, 6) is 0.965. The maximum Gasteiger partial charge on any atom is 0.225 e. The second-order valence-corrected chi connectivity index (χ2v) is 4.79. The van der Waals surface area contributed by atoms with Crippen LogP contribution in [0.5, 0.6) is 0 Å². The summed E-state index contributed by atoms with van der Waals surface area (Å²) in [6.07, 6.45) is 3.41. The van der Waals surface area contributed by atoms with Crippen LogP contribution in [-0.4, -0.2) is 15.0 Å². The molecule has 0 bridgehead atoms. The van der Waals surface area contributed by atoms with Gasteiger partial charge in [0.25, 0.3) is 0 Å². The average molecular weight is 235 g/mol. The van der Waals surface area contributed by atoms with Crippen molar-refractivity contribution in [3.05, 3.63) is 28.8 Å². The molecule has 0 aromatic carbocycles. The predicted molar refractivity (Wildman–Crippen MR) is 65.2 cm³/mol. The summed E-state index contributed by atoms with van der Waals surface area (Å²) >= 11 is 1.59. The van der Waals surface area contributed by atoms with Crippen LogP contribution in [0.2, 0.25) is 0 Å². The maximum absolute atomic E-state index is 5.59. The van der Waals surface area contributed by atoms with Gasteiger partial charge in [0.15, 0.2) is 0 Å². The van der Waals surface area contributed by atoms with E-state index >= 15 is 0 Å². The molecule has 2 aromatic heterocycles. The first-order valence-electron chi connectivity index (χ1n) is 4.84. The molecule has 16 heavy (non-hydrogen) atoms. The fraction of sp³-hybridized carbons (Fsp3) is 0.300. The van der Waals surface area contributed by atoms with Gasteiger partial charge in [0.2, 0.25) is 5.95 Å². The van der Waals surface area contributed by atoms with E-state index in [4.69, 9.17) is 5.73 Å². The maximum atomic E-state index is 5.59. The molecule has 2 aromatic rings. The van der Waals surface area contributed by atoms with Crippen LogP contribution in [0.1, 0.15) is 18.9 Å². The Kier molecular flexibility index (Phi) is 2.74. The van der Waals surface area contributed by atoms with Crippen LogP contribution in [0.3, 0.4) is 0 Å². The fourth-order valence-corrected chi connectivity index (χ4v) is 2.02. The van der Waals surface area contributed by atoms with Crippen molar-refractivity contribution in [3.8, 4) is 0 Å². The van der Waals surface area contributed by atoms with Crippen LogP contribution in [0.4, 0.5) is 11.8 Å². The van der Waals surface area contributed by atoms with E-state index in [1.54, 1.807) is 29.8 Å². The molecule has 0 aliphatic rings. The van der Waals surface area contributed by atoms with Crippen LogP contribution in [0.25, 0.3) is 0 Å². The largest absolute Gasteiger partial charge is 0.384 e. The predicted octanol–water partition coefficient (Wildman–Crippen LogP) is 1.86. The normalized spacial score (nSPS) is 11.4. The minimum atomic E-state index is -0.304. The summed E-state index contributed by atoms with van der Waals surface area (Å²) in [7, 11) is 0. The molecule has 0 spiro atoms. The number of nitrogens with zero attached hydrogens (tertiary/aromatic N) is 3. The van der Waals surface area contributed by atoms with E-state index in [1.165, 1.54) is 0 Å². The first-order chi connectivity index (χ1) is 7.58. The van der Waals surface area contributed by atoms with E-state index in [9.17, 15) is 0 Å². The Bertz CT molecular complexity index is 466. The molecule has 2 heterocycles. The fourth-order valence-electron chi connectivity index (χ4n) is 1.30. The second kappa shape index (κ2) is 4.05. The van der Waals surface area contributed by atoms with Gasteiger partial charge in [0.1, 0.15) is 10.8 Å². The molecule has 5 nitrogen and oxygen atoms in total. The molecule has 0 atom stereocenters. The van der Waals surface area contributed by atoms with Crippen molar-refractivity contribution in [3.63, 3.8) is 0 Å². The van der Waals surface area contributed by atoms with E-state index < -0.39 is 0 Å². The highest BCUT2D eigenvalue weighted by Crippen LogP contribution is 2.25. The van der Waals surface area contributed by atoms with Crippen LogP contribution in [0.15, 0.2) is 23.8 Å². The first-order valence-corrected chi connectivity index (χ1v) is 5.72. The topological polar surface area (TPSA) is 76.7 Å². The first kappa shape index (κ1) is 10.8. The number of anilines is 2. The van der Waals surface area contributed by atoms with Gasteiger partial charge in [-0.25, -0.2) is 9.97 Å². The summed E-state index contributed by atoms with van der Waals surface area (Å²) in [6.45, 7) is 4.05. The lowest BCUT2D eigenvalue weighted by Gasteiger charge is -2.23. The standard InChI is InChI=1S/C10H13N5S/c1-10(2,8-12-5-6-16-8)15-9-13-4-3-7(11)14-9/h3-6H,1-2H3,(H3,11,13,14,15). The Morgan fingerprint density at radius 1 is 1.31 bits per heavy atom. The highest BCUT2D eigenvalue weighted by atomic mass is 32.1. The summed E-state index contributed by atoms with van der Waals surface area (Å²) in [5.41, 5.74) is 5.29. The minimum absolute atomic E-state index is 0.304. The highest BCUT2D eigenvalue weighted by Gasteiger charge is 2.23.